The summed E-state index contributed by atoms with van der Waals surface area (Å²) in [6, 6.07) is 7.04. The van der Waals surface area contributed by atoms with Gasteiger partial charge in [-0.15, -0.1) is 0 Å². The van der Waals surface area contributed by atoms with Crippen molar-refractivity contribution >= 4 is 17.5 Å². The molecule has 0 aliphatic carbocycles. The molecule has 1 aromatic carbocycles. The van der Waals surface area contributed by atoms with Gasteiger partial charge in [0.1, 0.15) is 0 Å². The van der Waals surface area contributed by atoms with E-state index in [9.17, 15) is 9.90 Å². The van der Waals surface area contributed by atoms with Gasteiger partial charge >= 0.3 is 0 Å². The molecular formula is C14H16ClN3O2. The summed E-state index contributed by atoms with van der Waals surface area (Å²) in [7, 11) is 3.36. The fourth-order valence-corrected chi connectivity index (χ4v) is 2.03. The van der Waals surface area contributed by atoms with Crippen molar-refractivity contribution in [3.8, 4) is 0 Å². The monoisotopic (exact) mass is 293 g/mol. The number of aliphatic hydroxyl groups excluding tert-OH is 1. The molecule has 20 heavy (non-hydrogen) atoms. The molecule has 1 amide bonds. The van der Waals surface area contributed by atoms with Crippen molar-refractivity contribution in [2.45, 2.75) is 12.6 Å². The molecule has 106 valence electrons. The highest BCUT2D eigenvalue weighted by atomic mass is 35.5. The molecule has 1 aromatic heterocycles. The van der Waals surface area contributed by atoms with Crippen LogP contribution in [-0.4, -0.2) is 39.8 Å². The molecule has 0 spiro atoms. The Morgan fingerprint density at radius 2 is 2.25 bits per heavy atom. The van der Waals surface area contributed by atoms with Crippen LogP contribution in [0.15, 0.2) is 36.7 Å². The van der Waals surface area contributed by atoms with E-state index < -0.39 is 6.10 Å². The summed E-state index contributed by atoms with van der Waals surface area (Å²) >= 11 is 5.89. The summed E-state index contributed by atoms with van der Waals surface area (Å²) in [4.78, 5) is 13.2. The molecule has 0 bridgehead atoms. The second kappa shape index (κ2) is 6.07. The van der Waals surface area contributed by atoms with Crippen LogP contribution in [0.1, 0.15) is 22.0 Å². The van der Waals surface area contributed by atoms with E-state index in [1.165, 1.54) is 11.1 Å². The van der Waals surface area contributed by atoms with Gasteiger partial charge in [-0.3, -0.25) is 9.48 Å². The minimum absolute atomic E-state index is 0.117. The summed E-state index contributed by atoms with van der Waals surface area (Å²) in [5, 5.41) is 14.8. The van der Waals surface area contributed by atoms with Gasteiger partial charge in [0.2, 0.25) is 0 Å². The van der Waals surface area contributed by atoms with Gasteiger partial charge in [0.15, 0.2) is 0 Å². The molecule has 0 fully saturated rings. The minimum Gasteiger partial charge on any atom is -0.386 e. The Morgan fingerprint density at radius 3 is 2.90 bits per heavy atom. The van der Waals surface area contributed by atoms with E-state index in [1.54, 1.807) is 49.2 Å². The largest absolute Gasteiger partial charge is 0.386 e. The maximum atomic E-state index is 11.8. The Bertz CT molecular complexity index is 610. The third kappa shape index (κ3) is 3.37. The first kappa shape index (κ1) is 14.6. The van der Waals surface area contributed by atoms with Crippen LogP contribution in [0.25, 0.3) is 0 Å². The van der Waals surface area contributed by atoms with Crippen molar-refractivity contribution in [2.75, 3.05) is 14.1 Å². The Morgan fingerprint density at radius 1 is 1.50 bits per heavy atom. The van der Waals surface area contributed by atoms with Crippen LogP contribution >= 0.6 is 11.6 Å². The first-order valence-corrected chi connectivity index (χ1v) is 6.53. The van der Waals surface area contributed by atoms with E-state index in [-0.39, 0.29) is 12.5 Å². The van der Waals surface area contributed by atoms with Crippen molar-refractivity contribution in [3.63, 3.8) is 0 Å². The Labute approximate surface area is 122 Å². The van der Waals surface area contributed by atoms with Gasteiger partial charge in [-0.2, -0.15) is 5.10 Å². The summed E-state index contributed by atoms with van der Waals surface area (Å²) in [6.07, 6.45) is 2.39. The van der Waals surface area contributed by atoms with Gasteiger partial charge in [-0.05, 0) is 17.7 Å². The molecule has 0 aliphatic rings. The lowest BCUT2D eigenvalue weighted by Gasteiger charge is -2.11. The van der Waals surface area contributed by atoms with Gasteiger partial charge in [-0.25, -0.2) is 0 Å². The topological polar surface area (TPSA) is 58.4 Å². The Hall–Kier alpha value is -1.85. The van der Waals surface area contributed by atoms with E-state index in [0.717, 1.165) is 0 Å². The first-order chi connectivity index (χ1) is 9.47. The summed E-state index contributed by atoms with van der Waals surface area (Å²) in [6.45, 7) is 0.265. The van der Waals surface area contributed by atoms with Crippen molar-refractivity contribution in [3.05, 3.63) is 52.8 Å². The summed E-state index contributed by atoms with van der Waals surface area (Å²) < 4.78 is 1.54. The number of nitrogens with zero attached hydrogens (tertiary/aromatic N) is 3. The van der Waals surface area contributed by atoms with Crippen molar-refractivity contribution in [2.24, 2.45) is 0 Å². The predicted octanol–water partition coefficient (Wildman–Crippen LogP) is 1.97. The van der Waals surface area contributed by atoms with Gasteiger partial charge in [0.05, 0.1) is 24.4 Å². The zero-order chi connectivity index (χ0) is 14.7. The lowest BCUT2D eigenvalue weighted by Crippen LogP contribution is -2.21. The molecular weight excluding hydrogens is 278 g/mol. The molecule has 0 saturated heterocycles. The molecule has 2 rings (SSSR count). The number of aromatic nitrogens is 2. The van der Waals surface area contributed by atoms with E-state index in [1.807, 2.05) is 0 Å². The van der Waals surface area contributed by atoms with Crippen molar-refractivity contribution in [1.82, 2.24) is 14.7 Å². The number of halogens is 1. The van der Waals surface area contributed by atoms with Gasteiger partial charge in [0.25, 0.3) is 5.91 Å². The SMILES string of the molecule is CN(C)C(=O)c1cnn(CC(O)c2cccc(Cl)c2)c1. The molecule has 0 aliphatic heterocycles. The Balaban J connectivity index is 2.09. The number of benzene rings is 1. The predicted molar refractivity (Wildman–Crippen MR) is 76.7 cm³/mol. The highest BCUT2D eigenvalue weighted by molar-refractivity contribution is 6.30. The summed E-state index contributed by atoms with van der Waals surface area (Å²) in [5.74, 6) is -0.117. The third-order valence-electron chi connectivity index (χ3n) is 2.88. The van der Waals surface area contributed by atoms with Crippen molar-refractivity contribution in [1.29, 1.82) is 0 Å². The second-order valence-electron chi connectivity index (χ2n) is 4.72. The highest BCUT2D eigenvalue weighted by Crippen LogP contribution is 2.19. The fourth-order valence-electron chi connectivity index (χ4n) is 1.83. The van der Waals surface area contributed by atoms with Crippen LogP contribution in [-0.2, 0) is 6.54 Å². The molecule has 1 unspecified atom stereocenters. The fraction of sp³-hybridized carbons (Fsp3) is 0.286. The highest BCUT2D eigenvalue weighted by Gasteiger charge is 2.13. The average Bonchev–Trinajstić information content (AvgIpc) is 2.86. The van der Waals surface area contributed by atoms with Gasteiger partial charge in [-0.1, -0.05) is 23.7 Å². The first-order valence-electron chi connectivity index (χ1n) is 6.15. The maximum Gasteiger partial charge on any atom is 0.256 e. The van der Waals surface area contributed by atoms with E-state index in [0.29, 0.717) is 16.1 Å². The molecule has 2 aromatic rings. The quantitative estimate of drug-likeness (QED) is 0.937. The standard InChI is InChI=1S/C14H16ClN3O2/c1-17(2)14(20)11-7-16-18(8-11)9-13(19)10-4-3-5-12(15)6-10/h3-8,13,19H,9H2,1-2H3. The molecule has 1 N–H and O–H groups in total. The molecule has 1 atom stereocenters. The number of aliphatic hydroxyl groups is 1. The Kier molecular flexibility index (Phi) is 4.42. The van der Waals surface area contributed by atoms with Crippen LogP contribution in [0.4, 0.5) is 0 Å². The number of carbonyl (C=O) groups is 1. The smallest absolute Gasteiger partial charge is 0.256 e. The molecule has 6 heteroatoms. The number of carbonyl (C=O) groups excluding carboxylic acids is 1. The molecule has 1 heterocycles. The number of hydrogen-bond donors (Lipinski definition) is 1. The van der Waals surface area contributed by atoms with Crippen LogP contribution in [0.3, 0.4) is 0 Å². The number of amides is 1. The van der Waals surface area contributed by atoms with Gasteiger partial charge in [0, 0.05) is 25.3 Å². The zero-order valence-electron chi connectivity index (χ0n) is 11.3. The normalized spacial score (nSPS) is 12.2. The van der Waals surface area contributed by atoms with Crippen molar-refractivity contribution < 1.29 is 9.90 Å². The minimum atomic E-state index is -0.726. The second-order valence-corrected chi connectivity index (χ2v) is 5.16. The van der Waals surface area contributed by atoms with Gasteiger partial charge < -0.3 is 10.0 Å². The molecule has 0 saturated carbocycles. The number of hydrogen-bond acceptors (Lipinski definition) is 3. The van der Waals surface area contributed by atoms with E-state index >= 15 is 0 Å². The molecule has 0 radical (unpaired) electrons. The zero-order valence-corrected chi connectivity index (χ0v) is 12.1. The third-order valence-corrected chi connectivity index (χ3v) is 3.11. The van der Waals surface area contributed by atoms with Crippen LogP contribution in [0, 0.1) is 0 Å². The lowest BCUT2D eigenvalue weighted by molar-refractivity contribution is 0.0827. The maximum absolute atomic E-state index is 11.8. The lowest BCUT2D eigenvalue weighted by atomic mass is 10.1. The van der Waals surface area contributed by atoms with Crippen LogP contribution < -0.4 is 0 Å². The van der Waals surface area contributed by atoms with E-state index in [2.05, 4.69) is 5.10 Å². The van der Waals surface area contributed by atoms with Crippen LogP contribution in [0.2, 0.25) is 5.02 Å². The number of rotatable bonds is 4. The summed E-state index contributed by atoms with van der Waals surface area (Å²) in [5.41, 5.74) is 1.21. The van der Waals surface area contributed by atoms with Crippen LogP contribution in [0.5, 0.6) is 0 Å². The van der Waals surface area contributed by atoms with E-state index in [4.69, 9.17) is 11.6 Å². The average molecular weight is 294 g/mol. The molecule has 5 nitrogen and oxygen atoms in total.